The molecule has 0 atom stereocenters. The van der Waals surface area contributed by atoms with Crippen molar-refractivity contribution in [2.24, 2.45) is 0 Å². The predicted octanol–water partition coefficient (Wildman–Crippen LogP) is 3.92. The summed E-state index contributed by atoms with van der Waals surface area (Å²) in [5.41, 5.74) is 1.82. The third-order valence-electron chi connectivity index (χ3n) is 4.22. The van der Waals surface area contributed by atoms with Crippen LogP contribution in [0.2, 0.25) is 0 Å². The van der Waals surface area contributed by atoms with E-state index in [1.165, 1.54) is 13.2 Å². The van der Waals surface area contributed by atoms with Crippen molar-refractivity contribution in [3.8, 4) is 22.8 Å². The van der Waals surface area contributed by atoms with Crippen LogP contribution in [-0.4, -0.2) is 37.9 Å². The lowest BCUT2D eigenvalue weighted by Crippen LogP contribution is -2.28. The summed E-state index contributed by atoms with van der Waals surface area (Å²) in [4.78, 5) is 24.2. The number of methoxy groups -OCH3 is 2. The van der Waals surface area contributed by atoms with Gasteiger partial charge < -0.3 is 29.9 Å². The summed E-state index contributed by atoms with van der Waals surface area (Å²) in [6, 6.07) is 13.1. The Bertz CT molecular complexity index is 1080. The summed E-state index contributed by atoms with van der Waals surface area (Å²) in [5.74, 6) is 1.10. The molecule has 0 aliphatic heterocycles. The van der Waals surface area contributed by atoms with Crippen LogP contribution >= 0.6 is 0 Å². The van der Waals surface area contributed by atoms with Gasteiger partial charge in [-0.1, -0.05) is 11.2 Å². The number of anilines is 2. The molecule has 0 bridgehead atoms. The van der Waals surface area contributed by atoms with Gasteiger partial charge in [0.05, 0.1) is 19.8 Å². The molecule has 3 rings (SSSR count). The molecule has 3 amide bonds. The van der Waals surface area contributed by atoms with Crippen molar-refractivity contribution < 1.29 is 23.6 Å². The molecule has 0 aliphatic rings. The Morgan fingerprint density at radius 3 is 2.39 bits per heavy atom. The molecule has 3 aromatic rings. The van der Waals surface area contributed by atoms with Gasteiger partial charge in [0.15, 0.2) is 11.5 Å². The number of hydrogen-bond donors (Lipinski definition) is 3. The number of carbonyl (C=O) groups is 2. The fraction of sp³-hybridized carbons (Fsp3) is 0.136. The maximum atomic E-state index is 12.5. The zero-order chi connectivity index (χ0) is 22.2. The molecule has 0 fully saturated rings. The zero-order valence-electron chi connectivity index (χ0n) is 17.1. The van der Waals surface area contributed by atoms with Crippen LogP contribution < -0.4 is 25.4 Å². The van der Waals surface area contributed by atoms with Gasteiger partial charge in [0, 0.05) is 24.0 Å². The highest BCUT2D eigenvalue weighted by molar-refractivity contribution is 6.03. The van der Waals surface area contributed by atoms with Gasteiger partial charge in [-0.3, -0.25) is 4.79 Å². The average Bonchev–Trinajstić information content (AvgIpc) is 3.29. The maximum absolute atomic E-state index is 12.5. The normalized spacial score (nSPS) is 10.1. The summed E-state index contributed by atoms with van der Waals surface area (Å²) in [6.45, 7) is 3.89. The molecule has 2 aromatic carbocycles. The van der Waals surface area contributed by atoms with E-state index in [0.29, 0.717) is 40.7 Å². The second-order valence-electron chi connectivity index (χ2n) is 6.30. The number of aromatic nitrogens is 1. The number of amides is 3. The molecule has 9 heteroatoms. The van der Waals surface area contributed by atoms with Crippen molar-refractivity contribution in [2.75, 3.05) is 31.4 Å². The van der Waals surface area contributed by atoms with Gasteiger partial charge >= 0.3 is 6.03 Å². The number of nitrogens with zero attached hydrogens (tertiary/aromatic N) is 1. The van der Waals surface area contributed by atoms with Crippen molar-refractivity contribution in [1.82, 2.24) is 10.5 Å². The van der Waals surface area contributed by atoms with Crippen molar-refractivity contribution in [1.29, 1.82) is 0 Å². The van der Waals surface area contributed by atoms with Crippen LogP contribution in [0.4, 0.5) is 16.2 Å². The first-order valence-electron chi connectivity index (χ1n) is 9.30. The first-order chi connectivity index (χ1) is 15.0. The highest BCUT2D eigenvalue weighted by atomic mass is 16.5. The van der Waals surface area contributed by atoms with Crippen LogP contribution in [0, 0.1) is 0 Å². The molecule has 1 heterocycles. The van der Waals surface area contributed by atoms with E-state index in [4.69, 9.17) is 14.0 Å². The van der Waals surface area contributed by atoms with Crippen LogP contribution in [0.3, 0.4) is 0 Å². The van der Waals surface area contributed by atoms with E-state index in [1.54, 1.807) is 55.7 Å². The second-order valence-corrected chi connectivity index (χ2v) is 6.30. The van der Waals surface area contributed by atoms with Gasteiger partial charge in [0.25, 0.3) is 5.91 Å². The van der Waals surface area contributed by atoms with Gasteiger partial charge in [-0.05, 0) is 42.5 Å². The van der Waals surface area contributed by atoms with E-state index in [2.05, 4.69) is 27.7 Å². The number of nitrogens with one attached hydrogen (secondary N) is 3. The minimum atomic E-state index is -0.443. The van der Waals surface area contributed by atoms with Gasteiger partial charge in [-0.25, -0.2) is 4.79 Å². The van der Waals surface area contributed by atoms with E-state index in [9.17, 15) is 9.59 Å². The minimum Gasteiger partial charge on any atom is -0.497 e. The Kier molecular flexibility index (Phi) is 6.89. The molecule has 1 aromatic heterocycles. The molecule has 160 valence electrons. The summed E-state index contributed by atoms with van der Waals surface area (Å²) in [6.07, 6.45) is 1.58. The SMILES string of the molecule is C=CCNC(=O)Nc1ccc(NC(=O)c2cc(-c3cc(OC)ccc3OC)on2)cc1. The molecule has 0 saturated heterocycles. The van der Waals surface area contributed by atoms with Gasteiger partial charge in [-0.15, -0.1) is 6.58 Å². The number of carbonyl (C=O) groups excluding carboxylic acids is 2. The number of hydrogen-bond acceptors (Lipinski definition) is 6. The fourth-order valence-electron chi connectivity index (χ4n) is 2.69. The molecule has 31 heavy (non-hydrogen) atoms. The van der Waals surface area contributed by atoms with Crippen LogP contribution in [0.5, 0.6) is 11.5 Å². The lowest BCUT2D eigenvalue weighted by atomic mass is 10.1. The number of rotatable bonds is 8. The highest BCUT2D eigenvalue weighted by Gasteiger charge is 2.17. The molecule has 0 unspecified atom stereocenters. The minimum absolute atomic E-state index is 0.103. The highest BCUT2D eigenvalue weighted by Crippen LogP contribution is 2.33. The van der Waals surface area contributed by atoms with Crippen molar-refractivity contribution >= 4 is 23.3 Å². The lowest BCUT2D eigenvalue weighted by Gasteiger charge is -2.08. The Morgan fingerprint density at radius 2 is 1.74 bits per heavy atom. The second kappa shape index (κ2) is 9.97. The largest absolute Gasteiger partial charge is 0.497 e. The summed E-state index contributed by atoms with van der Waals surface area (Å²) >= 11 is 0. The smallest absolute Gasteiger partial charge is 0.319 e. The van der Waals surface area contributed by atoms with E-state index in [0.717, 1.165) is 0 Å². The molecule has 0 spiro atoms. The standard InChI is InChI=1S/C22H22N4O5/c1-4-11-23-22(28)25-15-7-5-14(6-8-15)24-21(27)18-13-20(31-26-18)17-12-16(29-2)9-10-19(17)30-3/h4-10,12-13H,1,11H2,2-3H3,(H,24,27)(H2,23,25,28). The summed E-state index contributed by atoms with van der Waals surface area (Å²) in [5, 5.41) is 11.9. The number of benzene rings is 2. The van der Waals surface area contributed by atoms with Crippen LogP contribution in [0.1, 0.15) is 10.5 Å². The van der Waals surface area contributed by atoms with E-state index >= 15 is 0 Å². The van der Waals surface area contributed by atoms with Crippen LogP contribution in [-0.2, 0) is 0 Å². The summed E-state index contributed by atoms with van der Waals surface area (Å²) in [7, 11) is 3.09. The van der Waals surface area contributed by atoms with E-state index in [1.807, 2.05) is 0 Å². The first kappa shape index (κ1) is 21.4. The van der Waals surface area contributed by atoms with Crippen molar-refractivity contribution in [3.05, 3.63) is 66.9 Å². The molecule has 9 nitrogen and oxygen atoms in total. The number of ether oxygens (including phenoxy) is 2. The number of urea groups is 1. The fourth-order valence-corrected chi connectivity index (χ4v) is 2.69. The van der Waals surface area contributed by atoms with Crippen molar-refractivity contribution in [3.63, 3.8) is 0 Å². The molecule has 0 saturated carbocycles. The van der Waals surface area contributed by atoms with Gasteiger partial charge in [-0.2, -0.15) is 0 Å². The zero-order valence-corrected chi connectivity index (χ0v) is 17.1. The molecule has 0 radical (unpaired) electrons. The Hall–Kier alpha value is -4.27. The third kappa shape index (κ3) is 5.41. The lowest BCUT2D eigenvalue weighted by molar-refractivity contribution is 0.101. The molecule has 3 N–H and O–H groups in total. The maximum Gasteiger partial charge on any atom is 0.319 e. The third-order valence-corrected chi connectivity index (χ3v) is 4.22. The topological polar surface area (TPSA) is 115 Å². The monoisotopic (exact) mass is 422 g/mol. The van der Waals surface area contributed by atoms with E-state index in [-0.39, 0.29) is 11.7 Å². The van der Waals surface area contributed by atoms with Gasteiger partial charge in [0.2, 0.25) is 0 Å². The Labute approximate surface area is 179 Å². The Morgan fingerprint density at radius 1 is 1.03 bits per heavy atom. The quantitative estimate of drug-likeness (QED) is 0.474. The molecular weight excluding hydrogens is 400 g/mol. The molecular formula is C22H22N4O5. The van der Waals surface area contributed by atoms with E-state index < -0.39 is 5.91 Å². The van der Waals surface area contributed by atoms with Crippen molar-refractivity contribution in [2.45, 2.75) is 0 Å². The summed E-state index contributed by atoms with van der Waals surface area (Å²) < 4.78 is 15.9. The van der Waals surface area contributed by atoms with Crippen LogP contribution in [0.15, 0.2) is 65.7 Å². The predicted molar refractivity (Wildman–Crippen MR) is 117 cm³/mol. The van der Waals surface area contributed by atoms with Crippen LogP contribution in [0.25, 0.3) is 11.3 Å². The molecule has 0 aliphatic carbocycles. The average molecular weight is 422 g/mol. The first-order valence-corrected chi connectivity index (χ1v) is 9.30. The Balaban J connectivity index is 1.68. The van der Waals surface area contributed by atoms with Gasteiger partial charge in [0.1, 0.15) is 11.5 Å².